The van der Waals surface area contributed by atoms with Gasteiger partial charge in [-0.1, -0.05) is 18.2 Å². The third-order valence-corrected chi connectivity index (χ3v) is 3.99. The topological polar surface area (TPSA) is 60.7 Å². The highest BCUT2D eigenvalue weighted by molar-refractivity contribution is 5.72. The highest BCUT2D eigenvalue weighted by Crippen LogP contribution is 2.21. The summed E-state index contributed by atoms with van der Waals surface area (Å²) in [6.07, 6.45) is 6.32. The molecule has 0 saturated heterocycles. The molecule has 0 aliphatic rings. The molecule has 0 fully saturated rings. The van der Waals surface area contributed by atoms with E-state index in [-0.39, 0.29) is 17.9 Å². The van der Waals surface area contributed by atoms with Crippen LogP contribution in [0.5, 0.6) is 0 Å². The normalized spacial score (nSPS) is 10.9. The van der Waals surface area contributed by atoms with Crippen LogP contribution < -0.4 is 5.56 Å². The summed E-state index contributed by atoms with van der Waals surface area (Å²) in [6.45, 7) is 0.107. The van der Waals surface area contributed by atoms with Crippen molar-refractivity contribution in [3.63, 3.8) is 0 Å². The van der Waals surface area contributed by atoms with Gasteiger partial charge in [-0.25, -0.2) is 14.4 Å². The number of fused-ring (bicyclic) bond motifs is 1. The Morgan fingerprint density at radius 2 is 1.88 bits per heavy atom. The molecule has 0 spiro atoms. The fourth-order valence-electron chi connectivity index (χ4n) is 2.68. The first-order chi connectivity index (χ1) is 12.2. The van der Waals surface area contributed by atoms with Gasteiger partial charge in [-0.15, -0.1) is 0 Å². The van der Waals surface area contributed by atoms with Crippen molar-refractivity contribution in [1.82, 2.24) is 19.5 Å². The lowest BCUT2D eigenvalue weighted by atomic mass is 10.1. The molecule has 0 bridgehead atoms. The molecular formula is C19H13FN4O. The molecule has 25 heavy (non-hydrogen) atoms. The van der Waals surface area contributed by atoms with Crippen LogP contribution in [0.2, 0.25) is 0 Å². The van der Waals surface area contributed by atoms with Gasteiger partial charge >= 0.3 is 0 Å². The molecule has 4 aromatic rings. The number of nitrogens with zero attached hydrogens (tertiary/aromatic N) is 4. The van der Waals surface area contributed by atoms with E-state index in [1.807, 2.05) is 12.1 Å². The summed E-state index contributed by atoms with van der Waals surface area (Å²) in [5.74, 6) is -0.375. The second kappa shape index (κ2) is 6.24. The van der Waals surface area contributed by atoms with Gasteiger partial charge in [-0.3, -0.25) is 14.3 Å². The minimum atomic E-state index is -0.375. The molecule has 122 valence electrons. The predicted molar refractivity (Wildman–Crippen MR) is 92.5 cm³/mol. The Labute approximate surface area is 142 Å². The average Bonchev–Trinajstić information content (AvgIpc) is 2.66. The van der Waals surface area contributed by atoms with E-state index in [4.69, 9.17) is 0 Å². The predicted octanol–water partition coefficient (Wildman–Crippen LogP) is 3.04. The highest BCUT2D eigenvalue weighted by Gasteiger charge is 2.09. The van der Waals surface area contributed by atoms with E-state index >= 15 is 0 Å². The lowest BCUT2D eigenvalue weighted by molar-refractivity contribution is 0.595. The Bertz CT molecular complexity index is 1110. The number of halogens is 1. The number of benzene rings is 1. The first-order valence-electron chi connectivity index (χ1n) is 7.71. The van der Waals surface area contributed by atoms with Crippen LogP contribution in [0.15, 0.2) is 72.2 Å². The lowest BCUT2D eigenvalue weighted by Gasteiger charge is -2.09. The van der Waals surface area contributed by atoms with Crippen molar-refractivity contribution in [2.45, 2.75) is 6.54 Å². The Balaban J connectivity index is 1.70. The van der Waals surface area contributed by atoms with Crippen LogP contribution >= 0.6 is 0 Å². The van der Waals surface area contributed by atoms with Crippen LogP contribution in [0.25, 0.3) is 22.2 Å². The van der Waals surface area contributed by atoms with Crippen molar-refractivity contribution in [2.75, 3.05) is 0 Å². The second-order valence-corrected chi connectivity index (χ2v) is 5.60. The van der Waals surface area contributed by atoms with Crippen molar-refractivity contribution >= 4 is 11.0 Å². The maximum Gasteiger partial charge on any atom is 0.263 e. The summed E-state index contributed by atoms with van der Waals surface area (Å²) in [4.78, 5) is 24.7. The van der Waals surface area contributed by atoms with Crippen LogP contribution in [0.4, 0.5) is 4.39 Å². The van der Waals surface area contributed by atoms with Crippen molar-refractivity contribution < 1.29 is 4.39 Å². The van der Waals surface area contributed by atoms with Crippen molar-refractivity contribution in [3.05, 3.63) is 89.1 Å². The quantitative estimate of drug-likeness (QED) is 0.578. The number of hydrogen-bond acceptors (Lipinski definition) is 4. The molecule has 3 heterocycles. The number of pyridine rings is 2. The maximum absolute atomic E-state index is 14.5. The fraction of sp³-hybridized carbons (Fsp3) is 0.0526. The Morgan fingerprint density at radius 3 is 2.68 bits per heavy atom. The van der Waals surface area contributed by atoms with E-state index in [0.717, 1.165) is 11.1 Å². The van der Waals surface area contributed by atoms with Crippen LogP contribution in [0.1, 0.15) is 5.56 Å². The Hall–Kier alpha value is -3.41. The minimum absolute atomic E-state index is 0.107. The van der Waals surface area contributed by atoms with E-state index in [0.29, 0.717) is 16.6 Å². The van der Waals surface area contributed by atoms with Gasteiger partial charge in [0.25, 0.3) is 5.56 Å². The number of hydrogen-bond donors (Lipinski definition) is 0. The zero-order chi connectivity index (χ0) is 17.2. The van der Waals surface area contributed by atoms with E-state index < -0.39 is 0 Å². The number of aromatic nitrogens is 4. The molecule has 0 radical (unpaired) electrons. The molecule has 1 aromatic carbocycles. The van der Waals surface area contributed by atoms with Gasteiger partial charge in [0.15, 0.2) is 5.65 Å². The van der Waals surface area contributed by atoms with E-state index in [9.17, 15) is 9.18 Å². The smallest absolute Gasteiger partial charge is 0.263 e. The number of rotatable bonds is 3. The summed E-state index contributed by atoms with van der Waals surface area (Å²) in [7, 11) is 0. The Kier molecular flexibility index (Phi) is 3.78. The van der Waals surface area contributed by atoms with Gasteiger partial charge in [-0.05, 0) is 29.8 Å². The fourth-order valence-corrected chi connectivity index (χ4v) is 2.68. The molecule has 0 aliphatic heterocycles. The molecule has 0 amide bonds. The van der Waals surface area contributed by atoms with Gasteiger partial charge in [0.05, 0.1) is 11.9 Å². The molecule has 5 nitrogen and oxygen atoms in total. The van der Waals surface area contributed by atoms with E-state index in [2.05, 4.69) is 15.0 Å². The van der Waals surface area contributed by atoms with Crippen LogP contribution in [-0.4, -0.2) is 19.5 Å². The maximum atomic E-state index is 14.5. The highest BCUT2D eigenvalue weighted by atomic mass is 19.1. The molecule has 3 aromatic heterocycles. The summed E-state index contributed by atoms with van der Waals surface area (Å²) >= 11 is 0. The van der Waals surface area contributed by atoms with Crippen LogP contribution in [-0.2, 0) is 6.54 Å². The summed E-state index contributed by atoms with van der Waals surface area (Å²) in [6, 6.07) is 12.0. The zero-order valence-corrected chi connectivity index (χ0v) is 13.1. The van der Waals surface area contributed by atoms with Crippen molar-refractivity contribution in [1.29, 1.82) is 0 Å². The minimum Gasteiger partial charge on any atom is -0.294 e. The van der Waals surface area contributed by atoms with Gasteiger partial charge in [0.2, 0.25) is 0 Å². The molecule has 0 saturated carbocycles. The molecule has 4 rings (SSSR count). The largest absolute Gasteiger partial charge is 0.294 e. The van der Waals surface area contributed by atoms with Gasteiger partial charge < -0.3 is 0 Å². The third kappa shape index (κ3) is 2.89. The van der Waals surface area contributed by atoms with Crippen LogP contribution in [0.3, 0.4) is 0 Å². The van der Waals surface area contributed by atoms with Crippen molar-refractivity contribution in [2.24, 2.45) is 0 Å². The zero-order valence-electron chi connectivity index (χ0n) is 13.1. The van der Waals surface area contributed by atoms with Gasteiger partial charge in [0, 0.05) is 29.7 Å². The molecule has 0 atom stereocenters. The van der Waals surface area contributed by atoms with E-state index in [1.54, 1.807) is 42.9 Å². The first kappa shape index (κ1) is 15.1. The SMILES string of the molecule is O=c1c2cccnc2ncn1Cc1ccc(-c2cccnc2)cc1F. The monoisotopic (exact) mass is 332 g/mol. The lowest BCUT2D eigenvalue weighted by Crippen LogP contribution is -2.21. The summed E-state index contributed by atoms with van der Waals surface area (Å²) < 4.78 is 15.9. The van der Waals surface area contributed by atoms with Crippen LogP contribution in [0, 0.1) is 5.82 Å². The standard InChI is InChI=1S/C19H13FN4O/c20-17-9-13(14-3-1-7-21-10-14)5-6-15(17)11-24-12-23-18-16(19(24)25)4-2-8-22-18/h1-10,12H,11H2. The molecule has 0 unspecified atom stereocenters. The van der Waals surface area contributed by atoms with E-state index in [1.165, 1.54) is 17.0 Å². The average molecular weight is 332 g/mol. The molecular weight excluding hydrogens is 319 g/mol. The van der Waals surface area contributed by atoms with Crippen molar-refractivity contribution in [3.8, 4) is 11.1 Å². The third-order valence-electron chi connectivity index (χ3n) is 3.99. The van der Waals surface area contributed by atoms with Gasteiger partial charge in [0.1, 0.15) is 12.1 Å². The Morgan fingerprint density at radius 1 is 1.00 bits per heavy atom. The first-order valence-corrected chi connectivity index (χ1v) is 7.71. The molecule has 6 heteroatoms. The summed E-state index contributed by atoms with van der Waals surface area (Å²) in [5.41, 5.74) is 2.14. The molecule has 0 aliphatic carbocycles. The van der Waals surface area contributed by atoms with Gasteiger partial charge in [-0.2, -0.15) is 0 Å². The summed E-state index contributed by atoms with van der Waals surface area (Å²) in [5, 5.41) is 0.414. The molecule has 0 N–H and O–H groups in total. The second-order valence-electron chi connectivity index (χ2n) is 5.60.